The van der Waals surface area contributed by atoms with Gasteiger partial charge < -0.3 is 9.47 Å². The third kappa shape index (κ3) is 2.89. The molecule has 6 nitrogen and oxygen atoms in total. The molecule has 1 atom stereocenters. The maximum atomic E-state index is 6.02. The highest BCUT2D eigenvalue weighted by Gasteiger charge is 2.37. The first-order chi connectivity index (χ1) is 12.2. The van der Waals surface area contributed by atoms with Crippen molar-refractivity contribution in [2.45, 2.75) is 25.4 Å². The Labute approximate surface area is 146 Å². The van der Waals surface area contributed by atoms with Crippen LogP contribution in [0, 0.1) is 0 Å². The zero-order valence-electron chi connectivity index (χ0n) is 14.3. The van der Waals surface area contributed by atoms with Crippen molar-refractivity contribution in [2.24, 2.45) is 0 Å². The van der Waals surface area contributed by atoms with Gasteiger partial charge in [0.15, 0.2) is 11.6 Å². The van der Waals surface area contributed by atoms with Gasteiger partial charge in [-0.3, -0.25) is 4.98 Å². The first kappa shape index (κ1) is 15.8. The summed E-state index contributed by atoms with van der Waals surface area (Å²) in [6.45, 7) is 2.83. The predicted octanol–water partition coefficient (Wildman–Crippen LogP) is 3.36. The molecule has 1 fully saturated rings. The molecular formula is C19H20N4O2. The SMILES string of the molecule is COc1ccc(-n2nc(-c3ccncc3)nc2[C@]2(C)CCCO2)cc1. The van der Waals surface area contributed by atoms with E-state index in [4.69, 9.17) is 19.6 Å². The first-order valence-corrected chi connectivity index (χ1v) is 8.36. The fourth-order valence-electron chi connectivity index (χ4n) is 3.14. The summed E-state index contributed by atoms with van der Waals surface area (Å²) in [6, 6.07) is 11.6. The summed E-state index contributed by atoms with van der Waals surface area (Å²) in [6.07, 6.45) is 5.45. The highest BCUT2D eigenvalue weighted by molar-refractivity contribution is 5.54. The average molecular weight is 336 g/mol. The van der Waals surface area contributed by atoms with Crippen molar-refractivity contribution in [1.29, 1.82) is 0 Å². The minimum Gasteiger partial charge on any atom is -0.497 e. The first-order valence-electron chi connectivity index (χ1n) is 8.36. The van der Waals surface area contributed by atoms with E-state index >= 15 is 0 Å². The number of hydrogen-bond acceptors (Lipinski definition) is 5. The smallest absolute Gasteiger partial charge is 0.182 e. The van der Waals surface area contributed by atoms with Gasteiger partial charge in [-0.2, -0.15) is 0 Å². The lowest BCUT2D eigenvalue weighted by Crippen LogP contribution is -2.25. The van der Waals surface area contributed by atoms with E-state index in [1.54, 1.807) is 19.5 Å². The lowest BCUT2D eigenvalue weighted by molar-refractivity contribution is 0.00768. The molecule has 1 saturated heterocycles. The Balaban J connectivity index is 1.84. The molecule has 1 aliphatic heterocycles. The third-order valence-corrected chi connectivity index (χ3v) is 4.55. The van der Waals surface area contributed by atoms with Crippen LogP contribution in [0.3, 0.4) is 0 Å². The molecule has 6 heteroatoms. The fraction of sp³-hybridized carbons (Fsp3) is 0.316. The molecule has 0 unspecified atom stereocenters. The zero-order valence-corrected chi connectivity index (χ0v) is 14.3. The van der Waals surface area contributed by atoms with Crippen LogP contribution in [0.4, 0.5) is 0 Å². The van der Waals surface area contributed by atoms with Crippen molar-refractivity contribution in [3.63, 3.8) is 0 Å². The molecule has 25 heavy (non-hydrogen) atoms. The van der Waals surface area contributed by atoms with Crippen LogP contribution in [0.1, 0.15) is 25.6 Å². The Morgan fingerprint density at radius 1 is 1.12 bits per heavy atom. The molecule has 1 aromatic carbocycles. The molecule has 3 heterocycles. The Bertz CT molecular complexity index is 853. The number of pyridine rings is 1. The van der Waals surface area contributed by atoms with E-state index in [9.17, 15) is 0 Å². The topological polar surface area (TPSA) is 62.1 Å². The standard InChI is InChI=1S/C19H20N4O2/c1-19(10-3-13-25-19)18-21-17(14-8-11-20-12-9-14)22-23(18)15-4-6-16(24-2)7-5-15/h4-9,11-12H,3,10,13H2,1-2H3/t19-/m0/s1. The van der Waals surface area contributed by atoms with E-state index < -0.39 is 5.60 Å². The third-order valence-electron chi connectivity index (χ3n) is 4.55. The highest BCUT2D eigenvalue weighted by Crippen LogP contribution is 2.36. The van der Waals surface area contributed by atoms with E-state index in [2.05, 4.69) is 11.9 Å². The van der Waals surface area contributed by atoms with Crippen LogP contribution in [0.5, 0.6) is 5.75 Å². The second kappa shape index (κ2) is 6.29. The number of benzene rings is 1. The van der Waals surface area contributed by atoms with Crippen molar-refractivity contribution >= 4 is 0 Å². The number of ether oxygens (including phenoxy) is 2. The molecule has 0 spiro atoms. The molecule has 0 bridgehead atoms. The van der Waals surface area contributed by atoms with Crippen molar-refractivity contribution in [1.82, 2.24) is 19.7 Å². The molecule has 1 aliphatic rings. The number of aromatic nitrogens is 4. The van der Waals surface area contributed by atoms with Crippen molar-refractivity contribution in [2.75, 3.05) is 13.7 Å². The largest absolute Gasteiger partial charge is 0.497 e. The normalized spacial score (nSPS) is 19.9. The summed E-state index contributed by atoms with van der Waals surface area (Å²) in [5, 5.41) is 4.75. The average Bonchev–Trinajstić information content (AvgIpc) is 3.30. The van der Waals surface area contributed by atoms with Crippen molar-refractivity contribution in [3.8, 4) is 22.8 Å². The zero-order chi connectivity index (χ0) is 17.3. The highest BCUT2D eigenvalue weighted by atomic mass is 16.5. The van der Waals surface area contributed by atoms with Crippen molar-refractivity contribution in [3.05, 3.63) is 54.6 Å². The van der Waals surface area contributed by atoms with Gasteiger partial charge in [0.2, 0.25) is 0 Å². The summed E-state index contributed by atoms with van der Waals surface area (Å²) in [4.78, 5) is 8.89. The molecular weight excluding hydrogens is 316 g/mol. The van der Waals surface area contributed by atoms with Crippen LogP contribution in [-0.4, -0.2) is 33.5 Å². The Morgan fingerprint density at radius 2 is 1.88 bits per heavy atom. The van der Waals surface area contributed by atoms with Gasteiger partial charge in [0.25, 0.3) is 0 Å². The Hall–Kier alpha value is -2.73. The molecule has 0 radical (unpaired) electrons. The quantitative estimate of drug-likeness (QED) is 0.731. The summed E-state index contributed by atoms with van der Waals surface area (Å²) < 4.78 is 13.2. The van der Waals surface area contributed by atoms with Gasteiger partial charge in [-0.25, -0.2) is 9.67 Å². The minimum atomic E-state index is -0.432. The molecule has 0 saturated carbocycles. The van der Waals surface area contributed by atoms with E-state index in [-0.39, 0.29) is 0 Å². The van der Waals surface area contributed by atoms with Gasteiger partial charge in [-0.05, 0) is 56.2 Å². The molecule has 0 N–H and O–H groups in total. The lowest BCUT2D eigenvalue weighted by atomic mass is 10.0. The van der Waals surface area contributed by atoms with Crippen LogP contribution in [0.2, 0.25) is 0 Å². The molecule has 2 aromatic heterocycles. The lowest BCUT2D eigenvalue weighted by Gasteiger charge is -2.22. The summed E-state index contributed by atoms with van der Waals surface area (Å²) in [5.74, 6) is 2.30. The van der Waals surface area contributed by atoms with Crippen LogP contribution in [-0.2, 0) is 10.3 Å². The Kier molecular flexibility index (Phi) is 3.97. The van der Waals surface area contributed by atoms with E-state index in [0.717, 1.165) is 42.3 Å². The summed E-state index contributed by atoms with van der Waals surface area (Å²) >= 11 is 0. The molecule has 0 aliphatic carbocycles. The number of hydrogen-bond donors (Lipinski definition) is 0. The van der Waals surface area contributed by atoms with Gasteiger partial charge in [-0.15, -0.1) is 5.10 Å². The van der Waals surface area contributed by atoms with Crippen LogP contribution >= 0.6 is 0 Å². The fourth-order valence-corrected chi connectivity index (χ4v) is 3.14. The summed E-state index contributed by atoms with van der Waals surface area (Å²) in [7, 11) is 1.66. The van der Waals surface area contributed by atoms with Gasteiger partial charge in [-0.1, -0.05) is 0 Å². The predicted molar refractivity (Wildman–Crippen MR) is 93.7 cm³/mol. The molecule has 4 rings (SSSR count). The molecule has 0 amide bonds. The maximum Gasteiger partial charge on any atom is 0.182 e. The monoisotopic (exact) mass is 336 g/mol. The van der Waals surface area contributed by atoms with Gasteiger partial charge in [0.1, 0.15) is 11.4 Å². The van der Waals surface area contributed by atoms with E-state index in [1.807, 2.05) is 41.1 Å². The van der Waals surface area contributed by atoms with Crippen LogP contribution in [0.15, 0.2) is 48.8 Å². The van der Waals surface area contributed by atoms with Gasteiger partial charge in [0, 0.05) is 24.6 Å². The maximum absolute atomic E-state index is 6.02. The number of rotatable bonds is 4. The van der Waals surface area contributed by atoms with Crippen molar-refractivity contribution < 1.29 is 9.47 Å². The summed E-state index contributed by atoms with van der Waals surface area (Å²) in [5.41, 5.74) is 1.43. The van der Waals surface area contributed by atoms with Gasteiger partial charge >= 0.3 is 0 Å². The minimum absolute atomic E-state index is 0.432. The van der Waals surface area contributed by atoms with E-state index in [0.29, 0.717) is 5.82 Å². The second-order valence-electron chi connectivity index (χ2n) is 6.29. The Morgan fingerprint density at radius 3 is 2.52 bits per heavy atom. The van der Waals surface area contributed by atoms with Crippen LogP contribution < -0.4 is 4.74 Å². The van der Waals surface area contributed by atoms with E-state index in [1.165, 1.54) is 0 Å². The van der Waals surface area contributed by atoms with Crippen LogP contribution in [0.25, 0.3) is 17.1 Å². The molecule has 128 valence electrons. The molecule has 3 aromatic rings. The number of methoxy groups -OCH3 is 1. The number of nitrogens with zero attached hydrogens (tertiary/aromatic N) is 4. The van der Waals surface area contributed by atoms with Gasteiger partial charge in [0.05, 0.1) is 12.8 Å². The second-order valence-corrected chi connectivity index (χ2v) is 6.29.